The van der Waals surface area contributed by atoms with Crippen LogP contribution in [-0.4, -0.2) is 41.5 Å². The third kappa shape index (κ3) is 4.95. The molecule has 1 unspecified atom stereocenters. The Labute approximate surface area is 160 Å². The quantitative estimate of drug-likeness (QED) is 0.825. The van der Waals surface area contributed by atoms with Crippen molar-refractivity contribution in [3.8, 4) is 11.1 Å². The number of likely N-dealkylation sites (tertiary alicyclic amines) is 1. The molecule has 2 aromatic carbocycles. The van der Waals surface area contributed by atoms with Crippen LogP contribution in [-0.2, 0) is 4.79 Å². The van der Waals surface area contributed by atoms with Crippen molar-refractivity contribution in [3.05, 3.63) is 59.7 Å². The molecule has 0 saturated carbocycles. The summed E-state index contributed by atoms with van der Waals surface area (Å²) in [4.78, 5) is 25.9. The maximum Gasteiger partial charge on any atom is 0.251 e. The van der Waals surface area contributed by atoms with Crippen molar-refractivity contribution in [3.63, 3.8) is 0 Å². The van der Waals surface area contributed by atoms with Crippen LogP contribution in [0.1, 0.15) is 48.2 Å². The highest BCUT2D eigenvalue weighted by molar-refractivity contribution is 5.94. The Morgan fingerprint density at radius 1 is 1.07 bits per heavy atom. The van der Waals surface area contributed by atoms with Crippen molar-refractivity contribution < 1.29 is 14.7 Å². The molecule has 0 spiro atoms. The number of piperidine rings is 1. The van der Waals surface area contributed by atoms with Gasteiger partial charge in [-0.3, -0.25) is 9.59 Å². The molecule has 2 N–H and O–H groups in total. The van der Waals surface area contributed by atoms with E-state index in [2.05, 4.69) is 5.32 Å². The molecule has 1 aliphatic heterocycles. The molecule has 27 heavy (non-hydrogen) atoms. The molecule has 1 fully saturated rings. The van der Waals surface area contributed by atoms with Crippen LogP contribution in [0.5, 0.6) is 0 Å². The molecule has 5 heteroatoms. The van der Waals surface area contributed by atoms with E-state index in [0.29, 0.717) is 25.1 Å². The number of hydrogen-bond donors (Lipinski definition) is 2. The minimum atomic E-state index is -0.481. The van der Waals surface area contributed by atoms with Gasteiger partial charge in [0.25, 0.3) is 5.91 Å². The topological polar surface area (TPSA) is 69.6 Å². The number of amides is 2. The molecule has 142 valence electrons. The van der Waals surface area contributed by atoms with Gasteiger partial charge in [0, 0.05) is 31.6 Å². The Balaban J connectivity index is 1.54. The first kappa shape index (κ1) is 19.1. The second-order valence-electron chi connectivity index (χ2n) is 6.97. The van der Waals surface area contributed by atoms with Gasteiger partial charge in [0.2, 0.25) is 5.91 Å². The SMILES string of the molecule is CC(O)c1ccc(-c2ccc(C(=O)NCCN3CCCCC3=O)cc2)cc1. The molecule has 0 bridgehead atoms. The number of hydrogen-bond acceptors (Lipinski definition) is 3. The molecule has 1 heterocycles. The molecular formula is C22H26N2O3. The highest BCUT2D eigenvalue weighted by Crippen LogP contribution is 2.22. The van der Waals surface area contributed by atoms with Crippen molar-refractivity contribution >= 4 is 11.8 Å². The fourth-order valence-electron chi connectivity index (χ4n) is 3.27. The van der Waals surface area contributed by atoms with Crippen molar-refractivity contribution in [2.45, 2.75) is 32.3 Å². The van der Waals surface area contributed by atoms with E-state index in [4.69, 9.17) is 0 Å². The van der Waals surface area contributed by atoms with Crippen LogP contribution in [0.4, 0.5) is 0 Å². The number of aliphatic hydroxyl groups excluding tert-OH is 1. The smallest absolute Gasteiger partial charge is 0.251 e. The number of carbonyl (C=O) groups excluding carboxylic acids is 2. The van der Waals surface area contributed by atoms with Crippen LogP contribution in [0.3, 0.4) is 0 Å². The van der Waals surface area contributed by atoms with Gasteiger partial charge in [0.05, 0.1) is 6.10 Å². The van der Waals surface area contributed by atoms with E-state index in [0.717, 1.165) is 36.1 Å². The standard InChI is InChI=1S/C22H26N2O3/c1-16(25)17-5-7-18(8-6-17)19-9-11-20(12-10-19)22(27)23-13-15-24-14-3-2-4-21(24)26/h5-12,16,25H,2-4,13-15H2,1H3,(H,23,27). The average Bonchev–Trinajstić information content (AvgIpc) is 2.69. The lowest BCUT2D eigenvalue weighted by Gasteiger charge is -2.26. The molecule has 5 nitrogen and oxygen atoms in total. The lowest BCUT2D eigenvalue weighted by Crippen LogP contribution is -2.41. The normalized spacial score (nSPS) is 15.5. The fraction of sp³-hybridized carbons (Fsp3) is 0.364. The number of benzene rings is 2. The van der Waals surface area contributed by atoms with Crippen LogP contribution >= 0.6 is 0 Å². The monoisotopic (exact) mass is 366 g/mol. The summed E-state index contributed by atoms with van der Waals surface area (Å²) in [6.07, 6.45) is 2.15. The molecule has 3 rings (SSSR count). The number of rotatable bonds is 6. The van der Waals surface area contributed by atoms with Gasteiger partial charge < -0.3 is 15.3 Å². The first-order valence-corrected chi connectivity index (χ1v) is 9.49. The van der Waals surface area contributed by atoms with E-state index in [-0.39, 0.29) is 11.8 Å². The first-order valence-electron chi connectivity index (χ1n) is 9.49. The Morgan fingerprint density at radius 2 is 1.70 bits per heavy atom. The minimum Gasteiger partial charge on any atom is -0.389 e. The molecule has 2 aromatic rings. The first-order chi connectivity index (χ1) is 13.0. The van der Waals surface area contributed by atoms with Crippen LogP contribution in [0.2, 0.25) is 0 Å². The van der Waals surface area contributed by atoms with Crippen LogP contribution < -0.4 is 5.32 Å². The van der Waals surface area contributed by atoms with Gasteiger partial charge in [-0.05, 0) is 48.6 Å². The average molecular weight is 366 g/mol. The van der Waals surface area contributed by atoms with Gasteiger partial charge in [-0.25, -0.2) is 0 Å². The Kier molecular flexibility index (Phi) is 6.24. The number of nitrogens with zero attached hydrogens (tertiary/aromatic N) is 1. The molecule has 0 aromatic heterocycles. The molecular weight excluding hydrogens is 340 g/mol. The summed E-state index contributed by atoms with van der Waals surface area (Å²) < 4.78 is 0. The summed E-state index contributed by atoms with van der Waals surface area (Å²) in [6, 6.07) is 15.2. The Morgan fingerprint density at radius 3 is 2.30 bits per heavy atom. The van der Waals surface area contributed by atoms with E-state index >= 15 is 0 Å². The summed E-state index contributed by atoms with van der Waals surface area (Å²) in [5.74, 6) is 0.0527. The predicted octanol–water partition coefficient (Wildman–Crippen LogP) is 3.15. The molecule has 1 saturated heterocycles. The summed E-state index contributed by atoms with van der Waals surface area (Å²) in [6.45, 7) is 3.56. The molecule has 2 amide bonds. The highest BCUT2D eigenvalue weighted by atomic mass is 16.3. The number of carbonyl (C=O) groups is 2. The minimum absolute atomic E-state index is 0.129. The lowest BCUT2D eigenvalue weighted by atomic mass is 10.0. The maximum atomic E-state index is 12.3. The zero-order valence-electron chi connectivity index (χ0n) is 15.6. The van der Waals surface area contributed by atoms with Gasteiger partial charge in [-0.1, -0.05) is 36.4 Å². The van der Waals surface area contributed by atoms with Gasteiger partial charge in [0.15, 0.2) is 0 Å². The van der Waals surface area contributed by atoms with Crippen molar-refractivity contribution in [1.29, 1.82) is 0 Å². The van der Waals surface area contributed by atoms with Gasteiger partial charge >= 0.3 is 0 Å². The highest BCUT2D eigenvalue weighted by Gasteiger charge is 2.17. The summed E-state index contributed by atoms with van der Waals surface area (Å²) in [5.41, 5.74) is 3.53. The number of nitrogens with one attached hydrogen (secondary N) is 1. The second-order valence-corrected chi connectivity index (χ2v) is 6.97. The molecule has 0 radical (unpaired) electrons. The number of aliphatic hydroxyl groups is 1. The van der Waals surface area contributed by atoms with Crippen LogP contribution in [0.25, 0.3) is 11.1 Å². The van der Waals surface area contributed by atoms with Gasteiger partial charge in [-0.2, -0.15) is 0 Å². The Bertz CT molecular complexity index is 782. The zero-order valence-corrected chi connectivity index (χ0v) is 15.6. The van der Waals surface area contributed by atoms with E-state index in [9.17, 15) is 14.7 Å². The van der Waals surface area contributed by atoms with Crippen molar-refractivity contribution in [2.75, 3.05) is 19.6 Å². The van der Waals surface area contributed by atoms with Crippen LogP contribution in [0, 0.1) is 0 Å². The summed E-state index contributed by atoms with van der Waals surface area (Å²) in [7, 11) is 0. The predicted molar refractivity (Wildman–Crippen MR) is 105 cm³/mol. The molecule has 1 atom stereocenters. The van der Waals surface area contributed by atoms with Gasteiger partial charge in [-0.15, -0.1) is 0 Å². The largest absolute Gasteiger partial charge is 0.389 e. The second kappa shape index (κ2) is 8.82. The van der Waals surface area contributed by atoms with Crippen molar-refractivity contribution in [1.82, 2.24) is 10.2 Å². The Hall–Kier alpha value is -2.66. The molecule has 1 aliphatic rings. The summed E-state index contributed by atoms with van der Waals surface area (Å²) in [5, 5.41) is 12.5. The zero-order chi connectivity index (χ0) is 19.2. The van der Waals surface area contributed by atoms with E-state index < -0.39 is 6.10 Å². The van der Waals surface area contributed by atoms with E-state index in [1.165, 1.54) is 0 Å². The maximum absolute atomic E-state index is 12.3. The van der Waals surface area contributed by atoms with Gasteiger partial charge in [0.1, 0.15) is 0 Å². The third-order valence-corrected chi connectivity index (χ3v) is 4.96. The van der Waals surface area contributed by atoms with Crippen molar-refractivity contribution in [2.24, 2.45) is 0 Å². The molecule has 0 aliphatic carbocycles. The third-order valence-electron chi connectivity index (χ3n) is 4.96. The fourth-order valence-corrected chi connectivity index (χ4v) is 3.27. The van der Waals surface area contributed by atoms with Crippen LogP contribution in [0.15, 0.2) is 48.5 Å². The van der Waals surface area contributed by atoms with E-state index in [1.54, 1.807) is 19.1 Å². The lowest BCUT2D eigenvalue weighted by molar-refractivity contribution is -0.133. The van der Waals surface area contributed by atoms with E-state index in [1.807, 2.05) is 41.3 Å². The summed E-state index contributed by atoms with van der Waals surface area (Å²) >= 11 is 0.